The molecule has 18 heavy (non-hydrogen) atoms. The highest BCUT2D eigenvalue weighted by Crippen LogP contribution is 2.24. The van der Waals surface area contributed by atoms with Crippen molar-refractivity contribution >= 4 is 10.9 Å². The number of aromatic amines is 1. The smallest absolute Gasteiger partial charge is 0.248 e. The number of fused-ring (bicyclic) bond motifs is 1. The van der Waals surface area contributed by atoms with Crippen molar-refractivity contribution in [2.75, 3.05) is 0 Å². The number of aryl methyl sites for hydroxylation is 1. The summed E-state index contributed by atoms with van der Waals surface area (Å²) in [5.74, 6) is 0. The lowest BCUT2D eigenvalue weighted by Gasteiger charge is -2.06. The normalized spacial score (nSPS) is 10.7. The van der Waals surface area contributed by atoms with Crippen molar-refractivity contribution in [1.82, 2.24) is 9.97 Å². The molecule has 0 saturated carbocycles. The topological polar surface area (TPSA) is 45.8 Å². The third kappa shape index (κ3) is 1.80. The first-order valence-electron chi connectivity index (χ1n) is 5.79. The summed E-state index contributed by atoms with van der Waals surface area (Å²) in [7, 11) is 0. The molecule has 1 aromatic carbocycles. The van der Waals surface area contributed by atoms with Crippen LogP contribution in [0.5, 0.6) is 0 Å². The zero-order valence-corrected chi connectivity index (χ0v) is 9.97. The van der Waals surface area contributed by atoms with Crippen LogP contribution in [0.25, 0.3) is 22.0 Å². The van der Waals surface area contributed by atoms with E-state index in [0.717, 1.165) is 27.7 Å². The van der Waals surface area contributed by atoms with Gasteiger partial charge in [0, 0.05) is 29.0 Å². The van der Waals surface area contributed by atoms with Gasteiger partial charge in [0.15, 0.2) is 0 Å². The lowest BCUT2D eigenvalue weighted by molar-refractivity contribution is 1.20. The van der Waals surface area contributed by atoms with Gasteiger partial charge in [-0.3, -0.25) is 9.78 Å². The molecule has 0 aliphatic rings. The van der Waals surface area contributed by atoms with Gasteiger partial charge in [0.2, 0.25) is 5.56 Å². The molecule has 88 valence electrons. The van der Waals surface area contributed by atoms with Crippen molar-refractivity contribution < 1.29 is 0 Å². The number of pyridine rings is 2. The fourth-order valence-corrected chi connectivity index (χ4v) is 2.11. The molecule has 0 saturated heterocycles. The summed E-state index contributed by atoms with van der Waals surface area (Å²) in [6.07, 6.45) is 1.78. The lowest BCUT2D eigenvalue weighted by Crippen LogP contribution is -2.02. The lowest BCUT2D eigenvalue weighted by atomic mass is 10.0. The zero-order valence-electron chi connectivity index (χ0n) is 9.97. The van der Waals surface area contributed by atoms with Crippen LogP contribution in [0.2, 0.25) is 0 Å². The van der Waals surface area contributed by atoms with Crippen molar-refractivity contribution in [3.8, 4) is 11.1 Å². The molecule has 0 aliphatic heterocycles. The van der Waals surface area contributed by atoms with Crippen molar-refractivity contribution in [2.24, 2.45) is 0 Å². The van der Waals surface area contributed by atoms with Crippen LogP contribution in [-0.2, 0) is 0 Å². The van der Waals surface area contributed by atoms with Crippen molar-refractivity contribution in [3.63, 3.8) is 0 Å². The number of nitrogens with zero attached hydrogens (tertiary/aromatic N) is 1. The van der Waals surface area contributed by atoms with E-state index in [2.05, 4.69) is 9.97 Å². The zero-order chi connectivity index (χ0) is 12.5. The Hall–Kier alpha value is -2.42. The Morgan fingerprint density at radius 2 is 1.94 bits per heavy atom. The van der Waals surface area contributed by atoms with E-state index < -0.39 is 0 Å². The molecular formula is C15H12N2O. The van der Waals surface area contributed by atoms with Gasteiger partial charge in [0.25, 0.3) is 0 Å². The van der Waals surface area contributed by atoms with E-state index in [9.17, 15) is 4.79 Å². The minimum absolute atomic E-state index is 0.0810. The van der Waals surface area contributed by atoms with E-state index in [1.165, 1.54) is 6.07 Å². The molecule has 0 unspecified atom stereocenters. The van der Waals surface area contributed by atoms with Gasteiger partial charge >= 0.3 is 0 Å². The standard InChI is InChI=1S/C15H12N2O/c1-10-13(3-2-8-16-10)12-5-4-11-6-7-15(18)17-14(11)9-12/h2-9H,1H3,(H,17,18). The Morgan fingerprint density at radius 3 is 2.78 bits per heavy atom. The fraction of sp³-hybridized carbons (Fsp3) is 0.0667. The monoisotopic (exact) mass is 236 g/mol. The predicted molar refractivity (Wildman–Crippen MR) is 72.5 cm³/mol. The summed E-state index contributed by atoms with van der Waals surface area (Å²) in [6, 6.07) is 13.4. The molecular weight excluding hydrogens is 224 g/mol. The Labute approximate surface area is 104 Å². The minimum atomic E-state index is -0.0810. The van der Waals surface area contributed by atoms with Crippen LogP contribution in [0.4, 0.5) is 0 Å². The van der Waals surface area contributed by atoms with Crippen molar-refractivity contribution in [3.05, 3.63) is 64.7 Å². The van der Waals surface area contributed by atoms with Crippen molar-refractivity contribution in [1.29, 1.82) is 0 Å². The average molecular weight is 236 g/mol. The molecule has 2 heterocycles. The van der Waals surface area contributed by atoms with Crippen LogP contribution < -0.4 is 5.56 Å². The number of hydrogen-bond donors (Lipinski definition) is 1. The maximum absolute atomic E-state index is 11.3. The first-order valence-corrected chi connectivity index (χ1v) is 5.79. The molecule has 1 N–H and O–H groups in total. The Balaban J connectivity index is 2.25. The SMILES string of the molecule is Cc1ncccc1-c1ccc2ccc(=O)[nH]c2c1. The summed E-state index contributed by atoms with van der Waals surface area (Å²) in [5.41, 5.74) is 3.90. The second-order valence-electron chi connectivity index (χ2n) is 4.26. The molecule has 0 amide bonds. The summed E-state index contributed by atoms with van der Waals surface area (Å²) in [6.45, 7) is 1.98. The second kappa shape index (κ2) is 4.11. The van der Waals surface area contributed by atoms with Gasteiger partial charge in [-0.05, 0) is 36.1 Å². The van der Waals surface area contributed by atoms with E-state index >= 15 is 0 Å². The number of nitrogens with one attached hydrogen (secondary N) is 1. The number of benzene rings is 1. The Kier molecular flexibility index (Phi) is 2.45. The third-order valence-electron chi connectivity index (χ3n) is 3.04. The van der Waals surface area contributed by atoms with Crippen LogP contribution in [0.15, 0.2) is 53.5 Å². The molecule has 0 aliphatic carbocycles. The summed E-state index contributed by atoms with van der Waals surface area (Å²) in [5, 5.41) is 1.03. The number of H-pyrrole nitrogens is 1. The first kappa shape index (κ1) is 10.7. The number of aromatic nitrogens is 2. The van der Waals surface area contributed by atoms with Gasteiger partial charge in [0.1, 0.15) is 0 Å². The van der Waals surface area contributed by atoms with Gasteiger partial charge in [0.05, 0.1) is 0 Å². The van der Waals surface area contributed by atoms with Crippen LogP contribution in [0, 0.1) is 6.92 Å². The molecule has 3 nitrogen and oxygen atoms in total. The minimum Gasteiger partial charge on any atom is -0.322 e. The number of hydrogen-bond acceptors (Lipinski definition) is 2. The van der Waals surface area contributed by atoms with Crippen LogP contribution in [0.3, 0.4) is 0 Å². The van der Waals surface area contributed by atoms with Gasteiger partial charge in [-0.1, -0.05) is 18.2 Å². The Bertz CT molecular complexity index is 775. The van der Waals surface area contributed by atoms with Gasteiger partial charge in [-0.25, -0.2) is 0 Å². The van der Waals surface area contributed by atoms with E-state index in [4.69, 9.17) is 0 Å². The summed E-state index contributed by atoms with van der Waals surface area (Å²) < 4.78 is 0. The quantitative estimate of drug-likeness (QED) is 0.706. The molecule has 0 bridgehead atoms. The van der Waals surface area contributed by atoms with E-state index in [0.29, 0.717) is 0 Å². The van der Waals surface area contributed by atoms with Crippen LogP contribution in [0.1, 0.15) is 5.69 Å². The van der Waals surface area contributed by atoms with E-state index in [1.54, 1.807) is 6.20 Å². The molecule has 0 radical (unpaired) electrons. The average Bonchev–Trinajstić information content (AvgIpc) is 2.38. The maximum Gasteiger partial charge on any atom is 0.248 e. The highest BCUT2D eigenvalue weighted by molar-refractivity contribution is 5.84. The van der Waals surface area contributed by atoms with Crippen LogP contribution >= 0.6 is 0 Å². The fourth-order valence-electron chi connectivity index (χ4n) is 2.11. The highest BCUT2D eigenvalue weighted by Gasteiger charge is 2.03. The van der Waals surface area contributed by atoms with Gasteiger partial charge in [-0.2, -0.15) is 0 Å². The molecule has 0 atom stereocenters. The summed E-state index contributed by atoms with van der Waals surface area (Å²) in [4.78, 5) is 18.5. The predicted octanol–water partition coefficient (Wildman–Crippen LogP) is 2.90. The third-order valence-corrected chi connectivity index (χ3v) is 3.04. The summed E-state index contributed by atoms with van der Waals surface area (Å²) >= 11 is 0. The molecule has 2 aromatic heterocycles. The van der Waals surface area contributed by atoms with Crippen LogP contribution in [-0.4, -0.2) is 9.97 Å². The van der Waals surface area contributed by atoms with E-state index in [1.807, 2.05) is 43.3 Å². The maximum atomic E-state index is 11.3. The van der Waals surface area contributed by atoms with Gasteiger partial charge in [-0.15, -0.1) is 0 Å². The largest absolute Gasteiger partial charge is 0.322 e. The number of rotatable bonds is 1. The van der Waals surface area contributed by atoms with Gasteiger partial charge < -0.3 is 4.98 Å². The highest BCUT2D eigenvalue weighted by atomic mass is 16.1. The molecule has 3 aromatic rings. The molecule has 3 heteroatoms. The van der Waals surface area contributed by atoms with Crippen molar-refractivity contribution in [2.45, 2.75) is 6.92 Å². The molecule has 3 rings (SSSR count). The Morgan fingerprint density at radius 1 is 1.11 bits per heavy atom. The van der Waals surface area contributed by atoms with E-state index in [-0.39, 0.29) is 5.56 Å². The molecule has 0 spiro atoms. The first-order chi connectivity index (χ1) is 8.74. The second-order valence-corrected chi connectivity index (χ2v) is 4.26. The molecule has 0 fully saturated rings.